The number of rotatable bonds is 6. The lowest BCUT2D eigenvalue weighted by atomic mass is 9.52. The molecular weight excluding hydrogens is 414 g/mol. The molecule has 4 aliphatic carbocycles. The predicted octanol–water partition coefficient (Wildman–Crippen LogP) is 3.68. The predicted molar refractivity (Wildman–Crippen MR) is 112 cm³/mol. The van der Waals surface area contributed by atoms with E-state index in [9.17, 15) is 20.0 Å². The Morgan fingerprint density at radius 1 is 1.31 bits per heavy atom. The zero-order valence-corrected chi connectivity index (χ0v) is 18.1. The third-order valence-electron chi connectivity index (χ3n) is 6.64. The molecule has 3 N–H and O–H groups in total. The fourth-order valence-electron chi connectivity index (χ4n) is 5.50. The van der Waals surface area contributed by atoms with Gasteiger partial charge in [-0.25, -0.2) is 4.72 Å². The number of nitro benzene ring substituents is 1. The second-order valence-electron chi connectivity index (χ2n) is 9.39. The largest absolute Gasteiger partial charge is 0.390 e. The van der Waals surface area contributed by atoms with Gasteiger partial charge in [0.25, 0.3) is 5.69 Å². The third kappa shape index (κ3) is 4.13. The lowest BCUT2D eigenvalue weighted by Gasteiger charge is -2.58. The number of nitrogens with one attached hydrogen (secondary N) is 2. The van der Waals surface area contributed by atoms with Crippen LogP contribution in [0.5, 0.6) is 0 Å². The summed E-state index contributed by atoms with van der Waals surface area (Å²) < 4.78 is 3.08. The standard InChI is InChI=1S/C20H26ClN3O4S/c1-19(2,23-29-16-4-3-14(21)7-15(16)24(27)28)18(25)22-17-12-5-11-6-13(17)10-20(26,8-11)9-12/h3-4,7,11-13,17,23,26H,5-6,8-10H2,1-2H3,(H,22,25). The van der Waals surface area contributed by atoms with Crippen molar-refractivity contribution in [3.05, 3.63) is 33.3 Å². The number of benzene rings is 1. The molecule has 2 unspecified atom stereocenters. The molecule has 1 aromatic rings. The first kappa shape index (κ1) is 20.9. The van der Waals surface area contributed by atoms with Crippen LogP contribution >= 0.6 is 23.5 Å². The number of nitrogens with zero attached hydrogens (tertiary/aromatic N) is 1. The number of halogens is 1. The fraction of sp³-hybridized carbons (Fsp3) is 0.650. The summed E-state index contributed by atoms with van der Waals surface area (Å²) in [5.74, 6) is 1.11. The summed E-state index contributed by atoms with van der Waals surface area (Å²) in [5, 5.41) is 25.5. The summed E-state index contributed by atoms with van der Waals surface area (Å²) >= 11 is 6.92. The first-order chi connectivity index (χ1) is 13.6. The second-order valence-corrected chi connectivity index (χ2v) is 10.7. The molecule has 4 fully saturated rings. The molecule has 158 valence electrons. The molecule has 0 spiro atoms. The quantitative estimate of drug-likeness (QED) is 0.355. The van der Waals surface area contributed by atoms with Crippen molar-refractivity contribution in [3.8, 4) is 0 Å². The van der Waals surface area contributed by atoms with E-state index in [-0.39, 0.29) is 17.6 Å². The number of carbonyl (C=O) groups excluding carboxylic acids is 1. The van der Waals surface area contributed by atoms with Crippen LogP contribution in [-0.2, 0) is 4.79 Å². The maximum absolute atomic E-state index is 13.0. The minimum Gasteiger partial charge on any atom is -0.390 e. The van der Waals surface area contributed by atoms with E-state index in [2.05, 4.69) is 10.0 Å². The molecule has 4 bridgehead atoms. The molecule has 0 heterocycles. The maximum atomic E-state index is 13.0. The summed E-state index contributed by atoms with van der Waals surface area (Å²) in [7, 11) is 0. The molecule has 1 amide bonds. The lowest BCUT2D eigenvalue weighted by molar-refractivity contribution is -0.387. The van der Waals surface area contributed by atoms with Crippen LogP contribution < -0.4 is 10.0 Å². The molecule has 7 nitrogen and oxygen atoms in total. The average Bonchev–Trinajstić information content (AvgIpc) is 2.62. The second kappa shape index (κ2) is 7.41. The number of hydrogen-bond donors (Lipinski definition) is 3. The van der Waals surface area contributed by atoms with Crippen molar-refractivity contribution < 1.29 is 14.8 Å². The Morgan fingerprint density at radius 2 is 1.97 bits per heavy atom. The highest BCUT2D eigenvalue weighted by molar-refractivity contribution is 7.97. The number of carbonyl (C=O) groups is 1. The van der Waals surface area contributed by atoms with Crippen LogP contribution in [0, 0.1) is 27.9 Å². The Kier molecular flexibility index (Phi) is 5.34. The molecule has 1 aromatic carbocycles. The molecule has 9 heteroatoms. The smallest absolute Gasteiger partial charge is 0.285 e. The van der Waals surface area contributed by atoms with E-state index in [0.717, 1.165) is 44.1 Å². The van der Waals surface area contributed by atoms with Gasteiger partial charge in [-0.3, -0.25) is 14.9 Å². The van der Waals surface area contributed by atoms with E-state index in [1.165, 1.54) is 6.07 Å². The molecule has 0 aliphatic heterocycles. The van der Waals surface area contributed by atoms with Gasteiger partial charge in [-0.15, -0.1) is 0 Å². The molecule has 0 aromatic heterocycles. The van der Waals surface area contributed by atoms with Crippen LogP contribution in [-0.4, -0.2) is 33.1 Å². The van der Waals surface area contributed by atoms with Crippen LogP contribution in [0.25, 0.3) is 0 Å². The van der Waals surface area contributed by atoms with E-state index in [4.69, 9.17) is 11.6 Å². The van der Waals surface area contributed by atoms with E-state index in [1.54, 1.807) is 26.0 Å². The molecule has 0 saturated heterocycles. The molecule has 4 aliphatic rings. The number of aliphatic hydroxyl groups is 1. The van der Waals surface area contributed by atoms with Gasteiger partial charge in [0.1, 0.15) is 10.4 Å². The van der Waals surface area contributed by atoms with Crippen molar-refractivity contribution >= 4 is 35.1 Å². The SMILES string of the molecule is CC(C)(NSc1ccc(Cl)cc1[N+](=O)[O-])C(=O)NC1C2CC3CC1CC(O)(C3)C2. The maximum Gasteiger partial charge on any atom is 0.285 e. The first-order valence-electron chi connectivity index (χ1n) is 9.98. The van der Waals surface area contributed by atoms with Crippen molar-refractivity contribution in [2.45, 2.75) is 68.0 Å². The fourth-order valence-corrected chi connectivity index (χ4v) is 6.50. The van der Waals surface area contributed by atoms with Crippen LogP contribution in [0.3, 0.4) is 0 Å². The minimum atomic E-state index is -0.927. The number of hydrogen-bond acceptors (Lipinski definition) is 6. The van der Waals surface area contributed by atoms with Gasteiger partial charge in [0, 0.05) is 17.1 Å². The normalized spacial score (nSPS) is 33.0. The summed E-state index contributed by atoms with van der Waals surface area (Å²) in [6.07, 6.45) is 4.59. The lowest BCUT2D eigenvalue weighted by Crippen LogP contribution is -2.64. The minimum absolute atomic E-state index is 0.0928. The summed E-state index contributed by atoms with van der Waals surface area (Å²) in [5.41, 5.74) is -1.56. The zero-order chi connectivity index (χ0) is 21.0. The van der Waals surface area contributed by atoms with Gasteiger partial charge in [0.05, 0.1) is 10.5 Å². The van der Waals surface area contributed by atoms with E-state index in [1.807, 2.05) is 0 Å². The van der Waals surface area contributed by atoms with Gasteiger partial charge in [0.15, 0.2) is 0 Å². The average molecular weight is 440 g/mol. The monoisotopic (exact) mass is 439 g/mol. The van der Waals surface area contributed by atoms with Crippen LogP contribution in [0.4, 0.5) is 5.69 Å². The molecule has 2 atom stereocenters. The van der Waals surface area contributed by atoms with Crippen LogP contribution in [0.1, 0.15) is 46.0 Å². The van der Waals surface area contributed by atoms with Gasteiger partial charge in [0.2, 0.25) is 5.91 Å². The van der Waals surface area contributed by atoms with Crippen molar-refractivity contribution in [1.82, 2.24) is 10.0 Å². The molecule has 0 radical (unpaired) electrons. The van der Waals surface area contributed by atoms with Gasteiger partial charge in [-0.05, 0) is 87.8 Å². The van der Waals surface area contributed by atoms with Gasteiger partial charge >= 0.3 is 0 Å². The number of nitro groups is 1. The van der Waals surface area contributed by atoms with Crippen molar-refractivity contribution in [1.29, 1.82) is 0 Å². The van der Waals surface area contributed by atoms with Gasteiger partial charge < -0.3 is 10.4 Å². The van der Waals surface area contributed by atoms with Crippen molar-refractivity contribution in [2.75, 3.05) is 0 Å². The Morgan fingerprint density at radius 3 is 2.55 bits per heavy atom. The molecule has 4 saturated carbocycles. The highest BCUT2D eigenvalue weighted by atomic mass is 35.5. The Hall–Kier alpha value is -1.35. The molecule has 5 rings (SSSR count). The Labute approximate surface area is 179 Å². The van der Waals surface area contributed by atoms with E-state index >= 15 is 0 Å². The molecule has 29 heavy (non-hydrogen) atoms. The highest BCUT2D eigenvalue weighted by Crippen LogP contribution is 2.55. The summed E-state index contributed by atoms with van der Waals surface area (Å²) in [6.45, 7) is 3.53. The first-order valence-corrected chi connectivity index (χ1v) is 11.2. The summed E-state index contributed by atoms with van der Waals surface area (Å²) in [4.78, 5) is 24.2. The zero-order valence-electron chi connectivity index (χ0n) is 16.5. The van der Waals surface area contributed by atoms with E-state index < -0.39 is 16.1 Å². The van der Waals surface area contributed by atoms with Gasteiger partial charge in [-0.2, -0.15) is 0 Å². The van der Waals surface area contributed by atoms with Crippen LogP contribution in [0.2, 0.25) is 5.02 Å². The Bertz CT molecular complexity index is 833. The van der Waals surface area contributed by atoms with Crippen molar-refractivity contribution in [2.24, 2.45) is 17.8 Å². The van der Waals surface area contributed by atoms with Crippen LogP contribution in [0.15, 0.2) is 23.1 Å². The summed E-state index contributed by atoms with van der Waals surface area (Å²) in [6, 6.07) is 4.56. The van der Waals surface area contributed by atoms with Gasteiger partial charge in [-0.1, -0.05) is 11.6 Å². The molecular formula is C20H26ClN3O4S. The number of amides is 1. The topological polar surface area (TPSA) is 105 Å². The van der Waals surface area contributed by atoms with Crippen molar-refractivity contribution in [3.63, 3.8) is 0 Å². The Balaban J connectivity index is 1.41. The highest BCUT2D eigenvalue weighted by Gasteiger charge is 2.55. The van der Waals surface area contributed by atoms with E-state index in [0.29, 0.717) is 27.7 Å². The third-order valence-corrected chi connectivity index (χ3v) is 8.05.